The molecule has 0 fully saturated rings. The highest BCUT2D eigenvalue weighted by molar-refractivity contribution is 8.00. The minimum atomic E-state index is -0.569. The number of rotatable bonds is 5. The molecule has 0 radical (unpaired) electrons. The predicted molar refractivity (Wildman–Crippen MR) is 69.4 cm³/mol. The summed E-state index contributed by atoms with van der Waals surface area (Å²) in [4.78, 5) is 26.6. The number of carbonyl (C=O) groups excluding carboxylic acids is 2. The lowest BCUT2D eigenvalue weighted by Crippen LogP contribution is -2.23. The topological polar surface area (TPSA) is 106 Å². The lowest BCUT2D eigenvalue weighted by Gasteiger charge is -2.09. The maximum atomic E-state index is 11.5. The van der Waals surface area contributed by atoms with Crippen LogP contribution in [0.1, 0.15) is 29.9 Å². The molecule has 1 unspecified atom stereocenters. The number of primary amides is 1. The van der Waals surface area contributed by atoms with Crippen LogP contribution in [0.5, 0.6) is 0 Å². The van der Waals surface area contributed by atoms with Crippen molar-refractivity contribution in [3.63, 3.8) is 0 Å². The van der Waals surface area contributed by atoms with Crippen LogP contribution in [-0.4, -0.2) is 28.7 Å². The minimum absolute atomic E-state index is 0.0972. The molecule has 19 heavy (non-hydrogen) atoms. The fourth-order valence-electron chi connectivity index (χ4n) is 1.16. The maximum absolute atomic E-state index is 11.5. The third-order valence-electron chi connectivity index (χ3n) is 2.15. The molecule has 0 aliphatic heterocycles. The van der Waals surface area contributed by atoms with E-state index in [1.165, 1.54) is 12.1 Å². The Hall–Kier alpha value is -2.07. The molecule has 2 N–H and O–H groups in total. The molecule has 7 heteroatoms. The van der Waals surface area contributed by atoms with E-state index in [1.807, 2.05) is 6.07 Å². The molecule has 1 aromatic heterocycles. The van der Waals surface area contributed by atoms with E-state index >= 15 is 0 Å². The summed E-state index contributed by atoms with van der Waals surface area (Å²) in [6, 6.07) is 4.83. The second kappa shape index (κ2) is 6.75. The zero-order valence-electron chi connectivity index (χ0n) is 10.5. The third-order valence-corrected chi connectivity index (χ3v) is 3.27. The second-order valence-corrected chi connectivity index (χ2v) is 4.87. The van der Waals surface area contributed by atoms with E-state index in [0.717, 1.165) is 11.8 Å². The minimum Gasteiger partial charge on any atom is -0.461 e. The van der Waals surface area contributed by atoms with E-state index in [4.69, 9.17) is 15.7 Å². The molecule has 1 atom stereocenters. The normalized spacial score (nSPS) is 11.4. The summed E-state index contributed by atoms with van der Waals surface area (Å²) >= 11 is 1.04. The number of hydrogen-bond acceptors (Lipinski definition) is 6. The number of hydrogen-bond donors (Lipinski definition) is 1. The van der Waals surface area contributed by atoms with Crippen LogP contribution in [-0.2, 0) is 9.53 Å². The zero-order valence-corrected chi connectivity index (χ0v) is 11.4. The lowest BCUT2D eigenvalue weighted by atomic mass is 10.2. The monoisotopic (exact) mass is 279 g/mol. The Morgan fingerprint density at radius 2 is 2.26 bits per heavy atom. The van der Waals surface area contributed by atoms with Crippen molar-refractivity contribution in [2.75, 3.05) is 6.61 Å². The number of aromatic nitrogens is 1. The van der Waals surface area contributed by atoms with Crippen molar-refractivity contribution in [3.8, 4) is 6.07 Å². The lowest BCUT2D eigenvalue weighted by molar-refractivity contribution is -0.117. The summed E-state index contributed by atoms with van der Waals surface area (Å²) in [5, 5.41) is 8.71. The van der Waals surface area contributed by atoms with Crippen molar-refractivity contribution < 1.29 is 14.3 Å². The molecule has 0 spiro atoms. The fourth-order valence-corrected chi connectivity index (χ4v) is 2.00. The van der Waals surface area contributed by atoms with E-state index < -0.39 is 17.1 Å². The molecule has 0 aliphatic rings. The van der Waals surface area contributed by atoms with Gasteiger partial charge in [0.15, 0.2) is 0 Å². The number of thioether (sulfide) groups is 1. The summed E-state index contributed by atoms with van der Waals surface area (Å²) < 4.78 is 4.82. The van der Waals surface area contributed by atoms with Crippen LogP contribution in [0.25, 0.3) is 0 Å². The van der Waals surface area contributed by atoms with Gasteiger partial charge in [0.2, 0.25) is 5.91 Å². The highest BCUT2D eigenvalue weighted by Crippen LogP contribution is 2.25. The van der Waals surface area contributed by atoms with E-state index in [0.29, 0.717) is 5.03 Å². The molecule has 0 aromatic carbocycles. The Kier molecular flexibility index (Phi) is 5.33. The van der Waals surface area contributed by atoms with E-state index in [1.54, 1.807) is 13.8 Å². The van der Waals surface area contributed by atoms with Crippen LogP contribution in [0.15, 0.2) is 17.2 Å². The van der Waals surface area contributed by atoms with Crippen LogP contribution in [0, 0.1) is 11.3 Å². The number of pyridine rings is 1. The third kappa shape index (κ3) is 3.96. The second-order valence-electron chi connectivity index (χ2n) is 3.54. The first kappa shape index (κ1) is 15.0. The summed E-state index contributed by atoms with van der Waals surface area (Å²) in [6.45, 7) is 3.53. The van der Waals surface area contributed by atoms with Gasteiger partial charge in [-0.2, -0.15) is 5.26 Å². The molecule has 1 rings (SSSR count). The van der Waals surface area contributed by atoms with E-state index in [-0.39, 0.29) is 17.9 Å². The number of amides is 1. The van der Waals surface area contributed by atoms with Gasteiger partial charge in [-0.05, 0) is 26.0 Å². The van der Waals surface area contributed by atoms with E-state index in [2.05, 4.69) is 4.98 Å². The Morgan fingerprint density at radius 1 is 1.58 bits per heavy atom. The number of ether oxygens (including phenoxy) is 1. The summed E-state index contributed by atoms with van der Waals surface area (Å²) in [5.41, 5.74) is 5.54. The van der Waals surface area contributed by atoms with Gasteiger partial charge in [0.1, 0.15) is 16.8 Å². The van der Waals surface area contributed by atoms with Gasteiger partial charge in [-0.1, -0.05) is 11.8 Å². The van der Waals surface area contributed by atoms with Crippen molar-refractivity contribution >= 4 is 23.6 Å². The Balaban J connectivity index is 3.07. The van der Waals surface area contributed by atoms with Gasteiger partial charge in [0.25, 0.3) is 0 Å². The van der Waals surface area contributed by atoms with Gasteiger partial charge in [0, 0.05) is 0 Å². The number of nitrogens with two attached hydrogens (primary N) is 1. The molecule has 100 valence electrons. The van der Waals surface area contributed by atoms with Crippen LogP contribution in [0.4, 0.5) is 0 Å². The first-order valence-electron chi connectivity index (χ1n) is 5.53. The highest BCUT2D eigenvalue weighted by atomic mass is 32.2. The van der Waals surface area contributed by atoms with Crippen molar-refractivity contribution in [2.45, 2.75) is 24.1 Å². The molecule has 0 aliphatic carbocycles. The SMILES string of the molecule is CCOC(=O)c1ccc(C#N)c(SC(C)C(N)=O)n1. The van der Waals surface area contributed by atoms with Gasteiger partial charge in [-0.25, -0.2) is 9.78 Å². The summed E-state index contributed by atoms with van der Waals surface area (Å²) in [5.74, 6) is -1.09. The molecule has 0 saturated carbocycles. The molecular formula is C12H13N3O3S. The van der Waals surface area contributed by atoms with Crippen molar-refractivity contribution in [1.82, 2.24) is 4.98 Å². The van der Waals surface area contributed by atoms with Gasteiger partial charge >= 0.3 is 5.97 Å². The fraction of sp³-hybridized carbons (Fsp3) is 0.333. The van der Waals surface area contributed by atoms with E-state index in [9.17, 15) is 9.59 Å². The molecule has 1 aromatic rings. The van der Waals surface area contributed by atoms with Gasteiger partial charge < -0.3 is 10.5 Å². The zero-order chi connectivity index (χ0) is 14.4. The summed E-state index contributed by atoms with van der Waals surface area (Å²) in [6.07, 6.45) is 0. The molecule has 1 amide bonds. The first-order valence-corrected chi connectivity index (χ1v) is 6.41. The van der Waals surface area contributed by atoms with Crippen LogP contribution >= 0.6 is 11.8 Å². The Labute approximate surface area is 114 Å². The average Bonchev–Trinajstić information content (AvgIpc) is 2.38. The van der Waals surface area contributed by atoms with Gasteiger partial charge in [-0.15, -0.1) is 0 Å². The first-order chi connectivity index (χ1) is 8.99. The molecule has 6 nitrogen and oxygen atoms in total. The molecule has 1 heterocycles. The Morgan fingerprint density at radius 3 is 2.79 bits per heavy atom. The average molecular weight is 279 g/mol. The van der Waals surface area contributed by atoms with Crippen molar-refractivity contribution in [2.24, 2.45) is 5.73 Å². The summed E-state index contributed by atoms with van der Waals surface area (Å²) in [7, 11) is 0. The van der Waals surface area contributed by atoms with Gasteiger partial charge in [-0.3, -0.25) is 4.79 Å². The predicted octanol–water partition coefficient (Wildman–Crippen LogP) is 1.10. The largest absolute Gasteiger partial charge is 0.461 e. The number of carbonyl (C=O) groups is 2. The van der Waals surface area contributed by atoms with Gasteiger partial charge in [0.05, 0.1) is 17.4 Å². The molecular weight excluding hydrogens is 266 g/mol. The molecule has 0 bridgehead atoms. The maximum Gasteiger partial charge on any atom is 0.356 e. The van der Waals surface area contributed by atoms with Crippen molar-refractivity contribution in [3.05, 3.63) is 23.4 Å². The van der Waals surface area contributed by atoms with Crippen LogP contribution in [0.3, 0.4) is 0 Å². The highest BCUT2D eigenvalue weighted by Gasteiger charge is 2.17. The molecule has 0 saturated heterocycles. The number of nitriles is 1. The van der Waals surface area contributed by atoms with Crippen LogP contribution < -0.4 is 5.73 Å². The standard InChI is InChI=1S/C12H13N3O3S/c1-3-18-12(17)9-5-4-8(6-13)11(15-9)19-7(2)10(14)16/h4-5,7H,3H2,1-2H3,(H2,14,16). The smallest absolute Gasteiger partial charge is 0.356 e. The van der Waals surface area contributed by atoms with Crippen LogP contribution in [0.2, 0.25) is 0 Å². The quantitative estimate of drug-likeness (QED) is 0.639. The Bertz CT molecular complexity index is 540. The number of esters is 1. The van der Waals surface area contributed by atoms with Crippen molar-refractivity contribution in [1.29, 1.82) is 5.26 Å². The number of nitrogens with zero attached hydrogens (tertiary/aromatic N) is 2.